The zero-order valence-electron chi connectivity index (χ0n) is 20.4. The first-order chi connectivity index (χ1) is 18.0. The topological polar surface area (TPSA) is 66.8 Å². The number of imidazole rings is 1. The van der Waals surface area contributed by atoms with Crippen molar-refractivity contribution in [3.63, 3.8) is 0 Å². The van der Waals surface area contributed by atoms with Crippen LogP contribution in [0.4, 0.5) is 0 Å². The van der Waals surface area contributed by atoms with Crippen molar-refractivity contribution >= 4 is 44.2 Å². The lowest BCUT2D eigenvalue weighted by atomic mass is 10.1. The number of aromatic amines is 1. The third-order valence-electron chi connectivity index (χ3n) is 6.82. The molecule has 6 rings (SSSR count). The second kappa shape index (κ2) is 9.59. The molecule has 0 aliphatic carbocycles. The molecule has 184 valence electrons. The zero-order chi connectivity index (χ0) is 25.5. The first-order valence-corrected chi connectivity index (χ1v) is 13.2. The number of nitrogens with one attached hydrogen (secondary N) is 1. The Bertz CT molecular complexity index is 1790. The molecule has 1 N–H and O–H groups in total. The fourth-order valence-corrected chi connectivity index (χ4v) is 5.85. The quantitative estimate of drug-likeness (QED) is 0.258. The number of fused-ring (bicyclic) bond motifs is 2. The molecule has 0 aliphatic rings. The first-order valence-electron chi connectivity index (χ1n) is 12.0. The van der Waals surface area contributed by atoms with E-state index >= 15 is 0 Å². The number of H-pyrrole nitrogens is 1. The van der Waals surface area contributed by atoms with E-state index in [0.29, 0.717) is 27.6 Å². The van der Waals surface area contributed by atoms with Crippen LogP contribution in [0.2, 0.25) is 5.02 Å². The molecule has 3 aromatic heterocycles. The lowest BCUT2D eigenvalue weighted by Gasteiger charge is -2.24. The number of thiophene rings is 1. The van der Waals surface area contributed by atoms with Gasteiger partial charge in [0.15, 0.2) is 0 Å². The fourth-order valence-electron chi connectivity index (χ4n) is 4.65. The molecule has 6 aromatic rings. The largest absolute Gasteiger partial charge is 0.309 e. The molecular formula is C29H24ClN5OS. The third-order valence-corrected chi connectivity index (χ3v) is 8.03. The van der Waals surface area contributed by atoms with E-state index in [0.717, 1.165) is 27.8 Å². The van der Waals surface area contributed by atoms with E-state index in [-0.39, 0.29) is 11.6 Å². The molecule has 0 fully saturated rings. The molecule has 1 unspecified atom stereocenters. The number of nitrogens with zero attached hydrogens (tertiary/aromatic N) is 4. The van der Waals surface area contributed by atoms with E-state index in [2.05, 4.69) is 56.7 Å². The van der Waals surface area contributed by atoms with Gasteiger partial charge in [0, 0.05) is 33.3 Å². The van der Waals surface area contributed by atoms with Crippen LogP contribution in [0, 0.1) is 0 Å². The second-order valence-electron chi connectivity index (χ2n) is 9.11. The normalized spacial score (nSPS) is 12.5. The lowest BCUT2D eigenvalue weighted by molar-refractivity contribution is 0.247. The van der Waals surface area contributed by atoms with Crippen molar-refractivity contribution in [3.8, 4) is 16.8 Å². The number of rotatable bonds is 6. The van der Waals surface area contributed by atoms with Gasteiger partial charge in [0.2, 0.25) is 0 Å². The Morgan fingerprint density at radius 3 is 2.59 bits per heavy atom. The lowest BCUT2D eigenvalue weighted by Crippen LogP contribution is -2.24. The summed E-state index contributed by atoms with van der Waals surface area (Å²) in [7, 11) is 2.04. The summed E-state index contributed by atoms with van der Waals surface area (Å²) in [4.78, 5) is 28.2. The molecule has 8 heteroatoms. The van der Waals surface area contributed by atoms with Crippen molar-refractivity contribution in [1.29, 1.82) is 0 Å². The summed E-state index contributed by atoms with van der Waals surface area (Å²) in [5, 5.41) is 3.15. The average molecular weight is 526 g/mol. The molecule has 0 bridgehead atoms. The molecule has 0 saturated carbocycles. The number of para-hydroxylation sites is 2. The fraction of sp³-hybridized carbons (Fsp3) is 0.138. The van der Waals surface area contributed by atoms with Gasteiger partial charge in [-0.2, -0.15) is 0 Å². The van der Waals surface area contributed by atoms with Crippen LogP contribution in [0.1, 0.15) is 24.4 Å². The molecule has 0 amide bonds. The van der Waals surface area contributed by atoms with Gasteiger partial charge in [-0.25, -0.2) is 9.97 Å². The Hall–Kier alpha value is -3.78. The van der Waals surface area contributed by atoms with E-state index in [1.54, 1.807) is 0 Å². The monoisotopic (exact) mass is 525 g/mol. The molecule has 1 atom stereocenters. The Morgan fingerprint density at radius 1 is 1.03 bits per heavy atom. The minimum absolute atomic E-state index is 0.122. The first kappa shape index (κ1) is 23.6. The summed E-state index contributed by atoms with van der Waals surface area (Å²) in [6.45, 7) is 2.67. The van der Waals surface area contributed by atoms with Crippen LogP contribution in [-0.4, -0.2) is 31.5 Å². The number of hydrogen-bond acceptors (Lipinski definition) is 5. The molecular weight excluding hydrogens is 502 g/mol. The van der Waals surface area contributed by atoms with Crippen molar-refractivity contribution in [1.82, 2.24) is 24.4 Å². The van der Waals surface area contributed by atoms with Gasteiger partial charge in [0.25, 0.3) is 5.56 Å². The molecule has 6 nitrogen and oxygen atoms in total. The minimum atomic E-state index is -0.144. The van der Waals surface area contributed by atoms with Crippen LogP contribution >= 0.6 is 22.9 Å². The van der Waals surface area contributed by atoms with Gasteiger partial charge in [0.1, 0.15) is 17.0 Å². The van der Waals surface area contributed by atoms with Gasteiger partial charge in [0.05, 0.1) is 23.0 Å². The van der Waals surface area contributed by atoms with E-state index in [1.165, 1.54) is 16.9 Å². The standard InChI is InChI=1S/C29H24ClN5OS/c1-18(19-11-13-20(14-12-19)35-17-31-24-9-5-6-10-25(24)35)34(2)15-26-32-28(36)27-22(16-37-29(27)33-26)21-7-3-4-8-23(21)30/h3-14,16-18H,15H2,1-2H3,(H,32,33,36). The third kappa shape index (κ3) is 4.35. The second-order valence-corrected chi connectivity index (χ2v) is 10.4. The zero-order valence-corrected chi connectivity index (χ0v) is 21.9. The summed E-state index contributed by atoms with van der Waals surface area (Å²) in [6.07, 6.45) is 1.86. The van der Waals surface area contributed by atoms with Gasteiger partial charge in [-0.15, -0.1) is 11.3 Å². The Balaban J connectivity index is 1.23. The Morgan fingerprint density at radius 2 is 1.78 bits per heavy atom. The van der Waals surface area contributed by atoms with Gasteiger partial charge in [-0.1, -0.05) is 54.1 Å². The highest BCUT2D eigenvalue weighted by Gasteiger charge is 2.18. The van der Waals surface area contributed by atoms with Gasteiger partial charge < -0.3 is 4.98 Å². The Labute approximate surface area is 222 Å². The maximum atomic E-state index is 13.1. The summed E-state index contributed by atoms with van der Waals surface area (Å²) < 4.78 is 2.09. The molecule has 3 aromatic carbocycles. The number of benzene rings is 3. The predicted octanol–water partition coefficient (Wildman–Crippen LogP) is 6.84. The van der Waals surface area contributed by atoms with E-state index in [1.807, 2.05) is 61.2 Å². The molecule has 0 saturated heterocycles. The Kier molecular flexibility index (Phi) is 6.12. The van der Waals surface area contributed by atoms with Crippen LogP contribution in [0.3, 0.4) is 0 Å². The van der Waals surface area contributed by atoms with E-state index in [4.69, 9.17) is 16.6 Å². The van der Waals surface area contributed by atoms with Crippen LogP contribution in [0.25, 0.3) is 38.1 Å². The molecule has 3 heterocycles. The van der Waals surface area contributed by atoms with E-state index < -0.39 is 0 Å². The van der Waals surface area contributed by atoms with Crippen LogP contribution in [0.5, 0.6) is 0 Å². The predicted molar refractivity (Wildman–Crippen MR) is 152 cm³/mol. The average Bonchev–Trinajstić information content (AvgIpc) is 3.53. The summed E-state index contributed by atoms with van der Waals surface area (Å²) in [5.74, 6) is 0.640. The number of aromatic nitrogens is 4. The smallest absolute Gasteiger partial charge is 0.260 e. The number of halogens is 1. The van der Waals surface area contributed by atoms with Crippen molar-refractivity contribution in [3.05, 3.63) is 111 Å². The number of hydrogen-bond donors (Lipinski definition) is 1. The molecule has 0 aliphatic heterocycles. The summed E-state index contributed by atoms with van der Waals surface area (Å²) in [6, 6.07) is 24.3. The van der Waals surface area contributed by atoms with Crippen molar-refractivity contribution < 1.29 is 0 Å². The summed E-state index contributed by atoms with van der Waals surface area (Å²) >= 11 is 7.85. The van der Waals surface area contributed by atoms with Crippen molar-refractivity contribution in [2.75, 3.05) is 7.05 Å². The van der Waals surface area contributed by atoms with Crippen LogP contribution in [0.15, 0.2) is 89.3 Å². The van der Waals surface area contributed by atoms with Crippen molar-refractivity contribution in [2.45, 2.75) is 19.5 Å². The SMILES string of the molecule is CC(c1ccc(-n2cnc3ccccc32)cc1)N(C)Cc1nc2scc(-c3ccccc3Cl)c2c(=O)[nH]1. The van der Waals surface area contributed by atoms with Gasteiger partial charge >= 0.3 is 0 Å². The van der Waals surface area contributed by atoms with Crippen LogP contribution in [-0.2, 0) is 6.54 Å². The van der Waals surface area contributed by atoms with E-state index in [9.17, 15) is 4.79 Å². The van der Waals surface area contributed by atoms with Crippen LogP contribution < -0.4 is 5.56 Å². The molecule has 37 heavy (non-hydrogen) atoms. The highest BCUT2D eigenvalue weighted by atomic mass is 35.5. The van der Waals surface area contributed by atoms with Gasteiger partial charge in [-0.05, 0) is 49.9 Å². The maximum absolute atomic E-state index is 13.1. The minimum Gasteiger partial charge on any atom is -0.309 e. The summed E-state index contributed by atoms with van der Waals surface area (Å²) in [5.41, 5.74) is 5.81. The highest BCUT2D eigenvalue weighted by molar-refractivity contribution is 7.17. The van der Waals surface area contributed by atoms with Crippen molar-refractivity contribution in [2.24, 2.45) is 0 Å². The van der Waals surface area contributed by atoms with Gasteiger partial charge in [-0.3, -0.25) is 14.3 Å². The molecule has 0 spiro atoms. The highest BCUT2D eigenvalue weighted by Crippen LogP contribution is 2.35. The molecule has 0 radical (unpaired) electrons. The maximum Gasteiger partial charge on any atom is 0.260 e.